The molecule has 0 radical (unpaired) electrons. The van der Waals surface area contributed by atoms with E-state index in [4.69, 9.17) is 9.84 Å². The normalized spacial score (nSPS) is 15.3. The molecule has 3 aromatic carbocycles. The summed E-state index contributed by atoms with van der Waals surface area (Å²) in [4.78, 5) is 24.1. The molecule has 32 heavy (non-hydrogen) atoms. The molecule has 1 unspecified atom stereocenters. The van der Waals surface area contributed by atoms with Gasteiger partial charge in [-0.2, -0.15) is 0 Å². The van der Waals surface area contributed by atoms with Gasteiger partial charge in [0.15, 0.2) is 17.4 Å². The molecule has 0 saturated carbocycles. The van der Waals surface area contributed by atoms with E-state index in [-0.39, 0.29) is 29.4 Å². The molecule has 1 N–H and O–H groups in total. The van der Waals surface area contributed by atoms with Crippen molar-refractivity contribution in [2.24, 2.45) is 5.92 Å². The first kappa shape index (κ1) is 21.6. The molecule has 1 atom stereocenters. The van der Waals surface area contributed by atoms with Gasteiger partial charge in [0.25, 0.3) is 0 Å². The summed E-state index contributed by atoms with van der Waals surface area (Å²) in [7, 11) is 0. The number of carbonyl (C=O) groups excluding carboxylic acids is 1. The zero-order valence-electron chi connectivity index (χ0n) is 16.9. The highest BCUT2D eigenvalue weighted by Crippen LogP contribution is 2.34. The lowest BCUT2D eigenvalue weighted by atomic mass is 9.79. The molecule has 4 nitrogen and oxygen atoms in total. The molecule has 0 bridgehead atoms. The van der Waals surface area contributed by atoms with Crippen LogP contribution < -0.4 is 4.74 Å². The topological polar surface area (TPSA) is 63.6 Å². The smallest absolute Gasteiger partial charge is 0.335 e. The molecule has 7 heteroatoms. The van der Waals surface area contributed by atoms with E-state index in [1.165, 1.54) is 12.1 Å². The van der Waals surface area contributed by atoms with Crippen LogP contribution in [0.3, 0.4) is 0 Å². The van der Waals surface area contributed by atoms with Crippen molar-refractivity contribution in [3.63, 3.8) is 0 Å². The second-order valence-electron chi connectivity index (χ2n) is 7.73. The molecule has 0 spiro atoms. The number of halogens is 3. The Balaban J connectivity index is 1.49. The lowest BCUT2D eigenvalue weighted by Gasteiger charge is -2.25. The van der Waals surface area contributed by atoms with Gasteiger partial charge >= 0.3 is 5.97 Å². The number of carboxylic acids is 1. The van der Waals surface area contributed by atoms with Crippen molar-refractivity contribution < 1.29 is 32.6 Å². The molecule has 0 aliphatic heterocycles. The number of ether oxygens (including phenoxy) is 1. The van der Waals surface area contributed by atoms with Gasteiger partial charge in [-0.3, -0.25) is 4.79 Å². The summed E-state index contributed by atoms with van der Waals surface area (Å²) < 4.78 is 46.1. The van der Waals surface area contributed by atoms with Crippen LogP contribution in [0.2, 0.25) is 0 Å². The SMILES string of the molecule is O=C(O)c1ccc(CC2CCc3c(OCc4cc(F)c(F)cc4F)cccc3C2=O)cc1. The second-order valence-corrected chi connectivity index (χ2v) is 7.73. The van der Waals surface area contributed by atoms with E-state index in [0.717, 1.165) is 11.6 Å². The zero-order valence-corrected chi connectivity index (χ0v) is 16.9. The molecule has 164 valence electrons. The van der Waals surface area contributed by atoms with Crippen LogP contribution in [-0.4, -0.2) is 16.9 Å². The highest BCUT2D eigenvalue weighted by molar-refractivity contribution is 6.01. The summed E-state index contributed by atoms with van der Waals surface area (Å²) >= 11 is 0. The van der Waals surface area contributed by atoms with Gasteiger partial charge < -0.3 is 9.84 Å². The number of rotatable bonds is 6. The maximum Gasteiger partial charge on any atom is 0.335 e. The first-order valence-corrected chi connectivity index (χ1v) is 10.1. The molecule has 0 saturated heterocycles. The van der Waals surface area contributed by atoms with Crippen molar-refractivity contribution in [1.82, 2.24) is 0 Å². The van der Waals surface area contributed by atoms with E-state index in [2.05, 4.69) is 0 Å². The monoisotopic (exact) mass is 440 g/mol. The third-order valence-electron chi connectivity index (χ3n) is 5.67. The predicted molar refractivity (Wildman–Crippen MR) is 110 cm³/mol. The van der Waals surface area contributed by atoms with E-state index in [1.807, 2.05) is 0 Å². The lowest BCUT2D eigenvalue weighted by Crippen LogP contribution is -2.25. The first-order valence-electron chi connectivity index (χ1n) is 10.1. The van der Waals surface area contributed by atoms with Crippen LogP contribution in [0.4, 0.5) is 13.2 Å². The summed E-state index contributed by atoms with van der Waals surface area (Å²) in [5, 5.41) is 9.01. The molecule has 1 aliphatic carbocycles. The number of benzene rings is 3. The second kappa shape index (κ2) is 8.86. The van der Waals surface area contributed by atoms with Crippen LogP contribution in [0.5, 0.6) is 5.75 Å². The van der Waals surface area contributed by atoms with Crippen LogP contribution in [0.15, 0.2) is 54.6 Å². The highest BCUT2D eigenvalue weighted by atomic mass is 19.2. The minimum absolute atomic E-state index is 0.0435. The zero-order chi connectivity index (χ0) is 22.8. The quantitative estimate of drug-likeness (QED) is 0.524. The van der Waals surface area contributed by atoms with Gasteiger partial charge in [0, 0.05) is 28.7 Å². The Morgan fingerprint density at radius 1 is 1.00 bits per heavy atom. The van der Waals surface area contributed by atoms with Gasteiger partial charge in [-0.25, -0.2) is 18.0 Å². The van der Waals surface area contributed by atoms with E-state index in [1.54, 1.807) is 30.3 Å². The van der Waals surface area contributed by atoms with Crippen molar-refractivity contribution >= 4 is 11.8 Å². The summed E-state index contributed by atoms with van der Waals surface area (Å²) in [6.45, 7) is -0.299. The largest absolute Gasteiger partial charge is 0.488 e. The number of hydrogen-bond acceptors (Lipinski definition) is 3. The van der Waals surface area contributed by atoms with Crippen molar-refractivity contribution in [3.05, 3.63) is 99.9 Å². The van der Waals surface area contributed by atoms with Gasteiger partial charge in [-0.1, -0.05) is 24.3 Å². The maximum absolute atomic E-state index is 13.9. The molecule has 1 aliphatic rings. The fourth-order valence-corrected chi connectivity index (χ4v) is 3.95. The summed E-state index contributed by atoms with van der Waals surface area (Å²) in [5.41, 5.74) is 2.17. The number of hydrogen-bond donors (Lipinski definition) is 1. The minimum atomic E-state index is -1.27. The molecular weight excluding hydrogens is 421 g/mol. The van der Waals surface area contributed by atoms with Crippen LogP contribution in [0.25, 0.3) is 0 Å². The molecule has 0 heterocycles. The molecule has 0 amide bonds. The molecule has 3 aromatic rings. The van der Waals surface area contributed by atoms with E-state index >= 15 is 0 Å². The third kappa shape index (κ3) is 4.37. The number of carboxylic acid groups (broad SMARTS) is 1. The van der Waals surface area contributed by atoms with Crippen molar-refractivity contribution in [2.45, 2.75) is 25.9 Å². The van der Waals surface area contributed by atoms with Gasteiger partial charge in [-0.15, -0.1) is 0 Å². The van der Waals surface area contributed by atoms with E-state index in [9.17, 15) is 22.8 Å². The summed E-state index contributed by atoms with van der Waals surface area (Å²) in [5.74, 6) is -4.22. The minimum Gasteiger partial charge on any atom is -0.488 e. The Morgan fingerprint density at radius 3 is 2.44 bits per heavy atom. The maximum atomic E-state index is 13.9. The lowest BCUT2D eigenvalue weighted by molar-refractivity contribution is 0.0696. The average Bonchev–Trinajstić information content (AvgIpc) is 2.77. The fourth-order valence-electron chi connectivity index (χ4n) is 3.95. The third-order valence-corrected chi connectivity index (χ3v) is 5.67. The van der Waals surface area contributed by atoms with Crippen LogP contribution in [0, 0.1) is 23.4 Å². The van der Waals surface area contributed by atoms with Gasteiger partial charge in [0.1, 0.15) is 18.2 Å². The number of ketones is 1. The van der Waals surface area contributed by atoms with Crippen LogP contribution >= 0.6 is 0 Å². The number of Topliss-reactive ketones (excluding diaryl/α,β-unsaturated/α-hetero) is 1. The van der Waals surface area contributed by atoms with E-state index in [0.29, 0.717) is 42.2 Å². The first-order chi connectivity index (χ1) is 15.3. The number of aromatic carboxylic acids is 1. The predicted octanol–water partition coefficient (Wildman–Crippen LogP) is 5.37. The molecular formula is C25H19F3O4. The number of carbonyl (C=O) groups is 2. The number of fused-ring (bicyclic) bond motifs is 1. The van der Waals surface area contributed by atoms with Crippen molar-refractivity contribution in [3.8, 4) is 5.75 Å². The summed E-state index contributed by atoms with van der Waals surface area (Å²) in [6.07, 6.45) is 1.63. The fraction of sp³-hybridized carbons (Fsp3) is 0.200. The summed E-state index contributed by atoms with van der Waals surface area (Å²) in [6, 6.07) is 12.7. The van der Waals surface area contributed by atoms with Gasteiger partial charge in [-0.05, 0) is 49.1 Å². The Labute approximate surface area is 182 Å². The Morgan fingerprint density at radius 2 is 1.72 bits per heavy atom. The average molecular weight is 440 g/mol. The Kier molecular flexibility index (Phi) is 5.99. The van der Waals surface area contributed by atoms with Crippen molar-refractivity contribution in [1.29, 1.82) is 0 Å². The van der Waals surface area contributed by atoms with Gasteiger partial charge in [0.2, 0.25) is 0 Å². The van der Waals surface area contributed by atoms with Crippen LogP contribution in [-0.2, 0) is 19.4 Å². The van der Waals surface area contributed by atoms with Crippen molar-refractivity contribution in [2.75, 3.05) is 0 Å². The standard InChI is InChI=1S/C25H19F3O4/c26-20-12-22(28)21(27)11-17(20)13-32-23-3-1-2-19-18(23)9-8-16(24(19)29)10-14-4-6-15(7-5-14)25(30)31/h1-7,11-12,16H,8-10,13H2,(H,30,31). The van der Waals surface area contributed by atoms with Crippen LogP contribution in [0.1, 0.15) is 43.8 Å². The highest BCUT2D eigenvalue weighted by Gasteiger charge is 2.29. The van der Waals surface area contributed by atoms with Gasteiger partial charge in [0.05, 0.1) is 5.56 Å². The Hall–Kier alpha value is -3.61. The molecule has 0 aromatic heterocycles. The molecule has 0 fully saturated rings. The molecule has 4 rings (SSSR count). The van der Waals surface area contributed by atoms with E-state index < -0.39 is 23.4 Å². The Bertz CT molecular complexity index is 1190.